The van der Waals surface area contributed by atoms with Gasteiger partial charge in [0.05, 0.1) is 6.20 Å². The van der Waals surface area contributed by atoms with E-state index >= 15 is 0 Å². The highest BCUT2D eigenvalue weighted by atomic mass is 15.3. The molecule has 1 unspecified atom stereocenters. The quantitative estimate of drug-likeness (QED) is 0.822. The minimum Gasteiger partial charge on any atom is -0.309 e. The van der Waals surface area contributed by atoms with E-state index < -0.39 is 0 Å². The lowest BCUT2D eigenvalue weighted by Gasteiger charge is -2.16. The zero-order chi connectivity index (χ0) is 13.0. The lowest BCUT2D eigenvalue weighted by atomic mass is 10.1. The Labute approximate surface area is 107 Å². The molecule has 0 saturated heterocycles. The molecule has 2 heterocycles. The Morgan fingerprint density at radius 2 is 2.17 bits per heavy atom. The third-order valence-corrected chi connectivity index (χ3v) is 2.96. The first kappa shape index (κ1) is 12.8. The van der Waals surface area contributed by atoms with Crippen LogP contribution < -0.4 is 5.32 Å². The molecule has 0 aliphatic rings. The molecule has 0 amide bonds. The van der Waals surface area contributed by atoms with Gasteiger partial charge in [-0.1, -0.05) is 6.92 Å². The Morgan fingerprint density at radius 1 is 1.33 bits per heavy atom. The summed E-state index contributed by atoms with van der Waals surface area (Å²) < 4.78 is 3.64. The van der Waals surface area contributed by atoms with Crippen molar-refractivity contribution >= 4 is 0 Å². The summed E-state index contributed by atoms with van der Waals surface area (Å²) in [6.07, 6.45) is 7.47. The second-order valence-corrected chi connectivity index (χ2v) is 4.46. The predicted octanol–water partition coefficient (Wildman–Crippen LogP) is 0.832. The van der Waals surface area contributed by atoms with Gasteiger partial charge in [-0.25, -0.2) is 4.98 Å². The van der Waals surface area contributed by atoms with E-state index in [1.165, 1.54) is 5.56 Å². The van der Waals surface area contributed by atoms with Crippen molar-refractivity contribution < 1.29 is 0 Å². The molecule has 0 spiro atoms. The Morgan fingerprint density at radius 3 is 2.72 bits per heavy atom. The maximum Gasteiger partial charge on any atom is 0.138 e. The van der Waals surface area contributed by atoms with Gasteiger partial charge in [-0.15, -0.1) is 0 Å². The third kappa shape index (κ3) is 2.95. The van der Waals surface area contributed by atoms with Crippen LogP contribution in [-0.2, 0) is 20.5 Å². The van der Waals surface area contributed by atoms with Crippen LogP contribution in [0.3, 0.4) is 0 Å². The monoisotopic (exact) mass is 248 g/mol. The van der Waals surface area contributed by atoms with Crippen molar-refractivity contribution in [2.24, 2.45) is 14.1 Å². The molecule has 2 aromatic heterocycles. The van der Waals surface area contributed by atoms with E-state index in [1.54, 1.807) is 6.33 Å². The first-order valence-corrected chi connectivity index (χ1v) is 6.25. The first-order valence-electron chi connectivity index (χ1n) is 6.25. The van der Waals surface area contributed by atoms with Gasteiger partial charge in [0.15, 0.2) is 0 Å². The standard InChI is InChI=1S/C12H20N6/c1-4-5-13-11(10-7-15-17(2)8-10)6-12-14-9-16-18(12)3/h7-9,11,13H,4-6H2,1-3H3. The molecule has 1 atom stereocenters. The van der Waals surface area contributed by atoms with Gasteiger partial charge in [-0.3, -0.25) is 9.36 Å². The molecule has 2 rings (SSSR count). The highest BCUT2D eigenvalue weighted by molar-refractivity contribution is 5.12. The van der Waals surface area contributed by atoms with E-state index in [0.717, 1.165) is 25.2 Å². The summed E-state index contributed by atoms with van der Waals surface area (Å²) in [6.45, 7) is 3.15. The summed E-state index contributed by atoms with van der Waals surface area (Å²) >= 11 is 0. The highest BCUT2D eigenvalue weighted by Gasteiger charge is 2.15. The Bertz CT molecular complexity index is 486. The molecule has 1 N–H and O–H groups in total. The molecule has 98 valence electrons. The summed E-state index contributed by atoms with van der Waals surface area (Å²) in [7, 11) is 3.85. The second-order valence-electron chi connectivity index (χ2n) is 4.46. The molecule has 0 bridgehead atoms. The molecule has 6 nitrogen and oxygen atoms in total. The van der Waals surface area contributed by atoms with Crippen molar-refractivity contribution in [3.05, 3.63) is 30.1 Å². The SMILES string of the molecule is CCCNC(Cc1ncnn1C)c1cnn(C)c1. The maximum atomic E-state index is 4.28. The molecule has 0 aromatic carbocycles. The van der Waals surface area contributed by atoms with Gasteiger partial charge in [-0.05, 0) is 13.0 Å². The van der Waals surface area contributed by atoms with Crippen LogP contribution in [0.2, 0.25) is 0 Å². The molecule has 0 aliphatic carbocycles. The maximum absolute atomic E-state index is 4.28. The lowest BCUT2D eigenvalue weighted by Crippen LogP contribution is -2.25. The second kappa shape index (κ2) is 5.77. The Kier molecular flexibility index (Phi) is 4.09. The van der Waals surface area contributed by atoms with Crippen molar-refractivity contribution in [2.45, 2.75) is 25.8 Å². The number of aryl methyl sites for hydroxylation is 2. The topological polar surface area (TPSA) is 60.6 Å². The summed E-state index contributed by atoms with van der Waals surface area (Å²) in [5, 5.41) is 11.9. The zero-order valence-corrected chi connectivity index (χ0v) is 11.2. The number of aromatic nitrogens is 5. The summed E-state index contributed by atoms with van der Waals surface area (Å²) in [5.74, 6) is 0.979. The van der Waals surface area contributed by atoms with E-state index in [9.17, 15) is 0 Å². The van der Waals surface area contributed by atoms with Gasteiger partial charge >= 0.3 is 0 Å². The van der Waals surface area contributed by atoms with E-state index in [0.29, 0.717) is 0 Å². The van der Waals surface area contributed by atoms with E-state index in [4.69, 9.17) is 0 Å². The van der Waals surface area contributed by atoms with Gasteiger partial charge < -0.3 is 5.32 Å². The highest BCUT2D eigenvalue weighted by Crippen LogP contribution is 2.16. The predicted molar refractivity (Wildman–Crippen MR) is 68.9 cm³/mol. The van der Waals surface area contributed by atoms with Crippen LogP contribution in [0, 0.1) is 0 Å². The molecule has 0 aliphatic heterocycles. The van der Waals surface area contributed by atoms with Crippen molar-refractivity contribution in [1.29, 1.82) is 0 Å². The number of rotatable bonds is 6. The number of hydrogen-bond acceptors (Lipinski definition) is 4. The van der Waals surface area contributed by atoms with E-state index in [1.807, 2.05) is 35.9 Å². The molecule has 18 heavy (non-hydrogen) atoms. The summed E-state index contributed by atoms with van der Waals surface area (Å²) in [6, 6.07) is 0.238. The normalized spacial score (nSPS) is 12.8. The summed E-state index contributed by atoms with van der Waals surface area (Å²) in [4.78, 5) is 4.28. The molecule has 0 radical (unpaired) electrons. The third-order valence-electron chi connectivity index (χ3n) is 2.96. The first-order chi connectivity index (χ1) is 8.70. The average Bonchev–Trinajstić information content (AvgIpc) is 2.94. The van der Waals surface area contributed by atoms with Crippen LogP contribution in [0.5, 0.6) is 0 Å². The molecule has 0 fully saturated rings. The zero-order valence-electron chi connectivity index (χ0n) is 11.2. The van der Waals surface area contributed by atoms with Crippen LogP contribution >= 0.6 is 0 Å². The van der Waals surface area contributed by atoms with Crippen LogP contribution in [0.1, 0.15) is 30.8 Å². The van der Waals surface area contributed by atoms with Gasteiger partial charge in [0.25, 0.3) is 0 Å². The smallest absolute Gasteiger partial charge is 0.138 e. The number of hydrogen-bond donors (Lipinski definition) is 1. The van der Waals surface area contributed by atoms with Crippen molar-refractivity contribution in [3.8, 4) is 0 Å². The van der Waals surface area contributed by atoms with Crippen molar-refractivity contribution in [2.75, 3.05) is 6.54 Å². The Hall–Kier alpha value is -1.69. The van der Waals surface area contributed by atoms with Gasteiger partial charge in [0.2, 0.25) is 0 Å². The van der Waals surface area contributed by atoms with Crippen molar-refractivity contribution in [1.82, 2.24) is 29.9 Å². The number of nitrogens with zero attached hydrogens (tertiary/aromatic N) is 5. The summed E-state index contributed by atoms with van der Waals surface area (Å²) in [5.41, 5.74) is 1.19. The number of nitrogens with one attached hydrogen (secondary N) is 1. The Balaban J connectivity index is 2.12. The minimum atomic E-state index is 0.238. The molecule has 6 heteroatoms. The largest absolute Gasteiger partial charge is 0.309 e. The van der Waals surface area contributed by atoms with Crippen LogP contribution in [0.15, 0.2) is 18.7 Å². The van der Waals surface area contributed by atoms with E-state index in [-0.39, 0.29) is 6.04 Å². The van der Waals surface area contributed by atoms with E-state index in [2.05, 4.69) is 27.4 Å². The fourth-order valence-corrected chi connectivity index (χ4v) is 1.93. The molecule has 0 saturated carbocycles. The van der Waals surface area contributed by atoms with Gasteiger partial charge in [0, 0.05) is 38.3 Å². The average molecular weight is 248 g/mol. The fraction of sp³-hybridized carbons (Fsp3) is 0.583. The van der Waals surface area contributed by atoms with Crippen LogP contribution in [-0.4, -0.2) is 31.1 Å². The molecular weight excluding hydrogens is 228 g/mol. The van der Waals surface area contributed by atoms with Crippen LogP contribution in [0.25, 0.3) is 0 Å². The van der Waals surface area contributed by atoms with Gasteiger partial charge in [-0.2, -0.15) is 10.2 Å². The molecular formula is C12H20N6. The molecule has 2 aromatic rings. The van der Waals surface area contributed by atoms with Crippen LogP contribution in [0.4, 0.5) is 0 Å². The lowest BCUT2D eigenvalue weighted by molar-refractivity contribution is 0.506. The van der Waals surface area contributed by atoms with Crippen molar-refractivity contribution in [3.63, 3.8) is 0 Å². The fourth-order valence-electron chi connectivity index (χ4n) is 1.93. The minimum absolute atomic E-state index is 0.238. The van der Waals surface area contributed by atoms with Gasteiger partial charge in [0.1, 0.15) is 12.2 Å².